The molecule has 0 radical (unpaired) electrons. The molecule has 1 heterocycles. The van der Waals surface area contributed by atoms with Crippen LogP contribution in [-0.4, -0.2) is 11.0 Å². The van der Waals surface area contributed by atoms with Crippen LogP contribution in [0.5, 0.6) is 0 Å². The van der Waals surface area contributed by atoms with Gasteiger partial charge in [0.1, 0.15) is 0 Å². The molecule has 1 aromatic heterocycles. The summed E-state index contributed by atoms with van der Waals surface area (Å²) >= 11 is 1.07. The Morgan fingerprint density at radius 3 is 2.59 bits per heavy atom. The molecule has 22 heavy (non-hydrogen) atoms. The zero-order valence-corrected chi connectivity index (χ0v) is 12.7. The molecule has 0 aliphatic rings. The van der Waals surface area contributed by atoms with Crippen molar-refractivity contribution in [3.05, 3.63) is 46.5 Å². The molecule has 0 saturated carbocycles. The molecule has 4 nitrogen and oxygen atoms in total. The molecule has 2 rings (SSSR count). The largest absolute Gasteiger partial charge is 0.351 e. The number of carbonyl (C=O) groups excluding carboxylic acids is 1. The van der Waals surface area contributed by atoms with Crippen molar-refractivity contribution in [3.63, 3.8) is 0 Å². The summed E-state index contributed by atoms with van der Waals surface area (Å²) in [4.78, 5) is 16.8. The molecule has 0 bridgehead atoms. The van der Waals surface area contributed by atoms with Crippen molar-refractivity contribution in [2.24, 2.45) is 5.73 Å². The average Bonchev–Trinajstić information content (AvgIpc) is 2.91. The quantitative estimate of drug-likeness (QED) is 0.859. The maximum atomic E-state index is 14.6. The second-order valence-corrected chi connectivity index (χ2v) is 5.93. The lowest BCUT2D eigenvalue weighted by atomic mass is 10.2. The average molecular weight is 329 g/mol. The van der Waals surface area contributed by atoms with Crippen molar-refractivity contribution in [3.8, 4) is 0 Å². The van der Waals surface area contributed by atoms with Crippen LogP contribution in [0.3, 0.4) is 0 Å². The van der Waals surface area contributed by atoms with Crippen LogP contribution < -0.4 is 10.6 Å². The zero-order chi connectivity index (χ0) is 16.4. The highest BCUT2D eigenvalue weighted by molar-refractivity contribution is 7.15. The van der Waals surface area contributed by atoms with E-state index in [0.29, 0.717) is 4.90 Å². The summed E-state index contributed by atoms with van der Waals surface area (Å²) in [5.74, 6) is -2.43. The van der Waals surface area contributed by atoms with E-state index >= 15 is 0 Å². The van der Waals surface area contributed by atoms with Gasteiger partial charge in [0.15, 0.2) is 16.8 Å². The molecule has 0 fully saturated rings. The van der Waals surface area contributed by atoms with E-state index in [9.17, 15) is 18.0 Å². The van der Waals surface area contributed by atoms with Crippen LogP contribution in [0.4, 0.5) is 23.1 Å². The summed E-state index contributed by atoms with van der Waals surface area (Å²) < 4.78 is 41.5. The van der Waals surface area contributed by atoms with Crippen molar-refractivity contribution in [2.45, 2.75) is 26.1 Å². The number of thiazole rings is 1. The third kappa shape index (κ3) is 3.06. The highest BCUT2D eigenvalue weighted by Gasteiger charge is 2.30. The lowest BCUT2D eigenvalue weighted by Crippen LogP contribution is -2.37. The molecular weight excluding hydrogens is 315 g/mol. The molecule has 0 saturated heterocycles. The van der Waals surface area contributed by atoms with Crippen LogP contribution in [0.1, 0.15) is 36.5 Å². The van der Waals surface area contributed by atoms with Gasteiger partial charge < -0.3 is 5.73 Å². The molecule has 2 aromatic rings. The van der Waals surface area contributed by atoms with Gasteiger partial charge in [-0.15, -0.1) is 11.3 Å². The minimum atomic E-state index is -2.26. The van der Waals surface area contributed by atoms with E-state index in [0.717, 1.165) is 34.4 Å². The second-order valence-electron chi connectivity index (χ2n) is 4.89. The van der Waals surface area contributed by atoms with E-state index in [1.165, 1.54) is 6.20 Å². The molecule has 1 atom stereocenters. The smallest absolute Gasteiger partial charge is 0.323 e. The summed E-state index contributed by atoms with van der Waals surface area (Å²) in [5, 5.41) is -0.00707. The Balaban J connectivity index is 2.42. The Labute approximate surface area is 129 Å². The number of nitrogens with zero attached hydrogens (tertiary/aromatic N) is 2. The van der Waals surface area contributed by atoms with Crippen LogP contribution >= 0.6 is 11.3 Å². The number of carbonyl (C=O) groups is 1. The van der Waals surface area contributed by atoms with Gasteiger partial charge in [0, 0.05) is 16.6 Å². The van der Waals surface area contributed by atoms with Gasteiger partial charge in [0.05, 0.1) is 0 Å². The SMILES string of the molecule is CC(C)c1cnc(N(C(N)=O)C(F)c2cccc(F)c2F)s1. The summed E-state index contributed by atoms with van der Waals surface area (Å²) in [6.45, 7) is 3.82. The first-order chi connectivity index (χ1) is 10.3. The van der Waals surface area contributed by atoms with Gasteiger partial charge in [-0.3, -0.25) is 0 Å². The van der Waals surface area contributed by atoms with Crippen molar-refractivity contribution in [1.82, 2.24) is 4.98 Å². The van der Waals surface area contributed by atoms with E-state index in [2.05, 4.69) is 4.98 Å². The highest BCUT2D eigenvalue weighted by atomic mass is 32.1. The molecule has 1 aromatic carbocycles. The number of amides is 2. The van der Waals surface area contributed by atoms with Crippen LogP contribution in [0.2, 0.25) is 0 Å². The lowest BCUT2D eigenvalue weighted by molar-refractivity contribution is 0.239. The van der Waals surface area contributed by atoms with Gasteiger partial charge in [0.2, 0.25) is 6.30 Å². The second kappa shape index (κ2) is 6.35. The van der Waals surface area contributed by atoms with Gasteiger partial charge in [-0.2, -0.15) is 0 Å². The minimum Gasteiger partial charge on any atom is -0.351 e. The molecule has 2 amide bonds. The summed E-state index contributed by atoms with van der Waals surface area (Å²) in [5.41, 5.74) is 4.57. The third-order valence-corrected chi connectivity index (χ3v) is 4.29. The first-order valence-electron chi connectivity index (χ1n) is 6.45. The summed E-state index contributed by atoms with van der Waals surface area (Å²) in [6.07, 6.45) is -0.769. The van der Waals surface area contributed by atoms with Crippen LogP contribution in [-0.2, 0) is 0 Å². The molecule has 0 aliphatic carbocycles. The van der Waals surface area contributed by atoms with Gasteiger partial charge in [0.25, 0.3) is 0 Å². The molecule has 8 heteroatoms. The molecule has 2 N–H and O–H groups in total. The normalized spacial score (nSPS) is 12.5. The lowest BCUT2D eigenvalue weighted by Gasteiger charge is -2.22. The Morgan fingerprint density at radius 1 is 1.36 bits per heavy atom. The van der Waals surface area contributed by atoms with Crippen molar-refractivity contribution < 1.29 is 18.0 Å². The first-order valence-corrected chi connectivity index (χ1v) is 7.27. The number of aromatic nitrogens is 1. The van der Waals surface area contributed by atoms with E-state index in [1.807, 2.05) is 13.8 Å². The number of alkyl halides is 1. The van der Waals surface area contributed by atoms with Gasteiger partial charge in [-0.05, 0) is 12.0 Å². The Hall–Kier alpha value is -2.09. The number of halogens is 3. The summed E-state index contributed by atoms with van der Waals surface area (Å²) in [7, 11) is 0. The predicted molar refractivity (Wildman–Crippen MR) is 78.5 cm³/mol. The molecule has 118 valence electrons. The number of rotatable bonds is 4. The fourth-order valence-electron chi connectivity index (χ4n) is 1.80. The Morgan fingerprint density at radius 2 is 2.05 bits per heavy atom. The number of benzene rings is 1. The molecule has 0 aliphatic heterocycles. The first kappa shape index (κ1) is 16.3. The number of anilines is 1. The number of hydrogen-bond donors (Lipinski definition) is 1. The van der Waals surface area contributed by atoms with Gasteiger partial charge >= 0.3 is 6.03 Å². The highest BCUT2D eigenvalue weighted by Crippen LogP contribution is 2.35. The van der Waals surface area contributed by atoms with E-state index in [4.69, 9.17) is 5.73 Å². The predicted octanol–water partition coefficient (Wildman–Crippen LogP) is 4.10. The molecule has 1 unspecified atom stereocenters. The minimum absolute atomic E-state index is 0.00707. The van der Waals surface area contributed by atoms with Gasteiger partial charge in [-0.25, -0.2) is 27.8 Å². The fourth-order valence-corrected chi connectivity index (χ4v) is 2.74. The van der Waals surface area contributed by atoms with Crippen molar-refractivity contribution in [2.75, 3.05) is 4.90 Å². The number of hydrogen-bond acceptors (Lipinski definition) is 3. The van der Waals surface area contributed by atoms with Crippen LogP contribution in [0.15, 0.2) is 24.4 Å². The van der Waals surface area contributed by atoms with Crippen LogP contribution in [0, 0.1) is 11.6 Å². The number of nitrogens with two attached hydrogens (primary N) is 1. The molecular formula is C14H14F3N3OS. The van der Waals surface area contributed by atoms with Crippen LogP contribution in [0.25, 0.3) is 0 Å². The third-order valence-electron chi connectivity index (χ3n) is 2.99. The molecule has 0 spiro atoms. The van der Waals surface area contributed by atoms with Crippen molar-refractivity contribution >= 4 is 22.5 Å². The Kier molecular flexibility index (Phi) is 4.70. The van der Waals surface area contributed by atoms with E-state index in [-0.39, 0.29) is 11.0 Å². The fraction of sp³-hybridized carbons (Fsp3) is 0.286. The zero-order valence-electron chi connectivity index (χ0n) is 11.9. The van der Waals surface area contributed by atoms with E-state index in [1.54, 1.807) is 0 Å². The number of primary amides is 1. The van der Waals surface area contributed by atoms with Crippen molar-refractivity contribution in [1.29, 1.82) is 0 Å². The Bertz CT molecular complexity index is 690. The maximum Gasteiger partial charge on any atom is 0.323 e. The summed E-state index contributed by atoms with van der Waals surface area (Å²) in [6, 6.07) is 1.93. The van der Waals surface area contributed by atoms with E-state index < -0.39 is 29.5 Å². The topological polar surface area (TPSA) is 59.2 Å². The van der Waals surface area contributed by atoms with Gasteiger partial charge in [-0.1, -0.05) is 26.0 Å². The maximum absolute atomic E-state index is 14.6. The number of urea groups is 1. The monoisotopic (exact) mass is 329 g/mol. The standard InChI is InChI=1S/C14H14F3N3OS/c1-7(2)10-6-19-14(22-10)20(13(18)21)12(17)8-4-3-5-9(15)11(8)16/h3-7,12H,1-2H3,(H2,18,21).